The molecule has 0 radical (unpaired) electrons. The third-order valence-corrected chi connectivity index (χ3v) is 3.52. The normalized spacial score (nSPS) is 11.5. The second kappa shape index (κ2) is 11.2. The molecule has 0 aliphatic carbocycles. The lowest BCUT2D eigenvalue weighted by Crippen LogP contribution is -2.48. The minimum absolute atomic E-state index is 0. The average molecular weight is 450 g/mol. The number of rotatable bonds is 7. The lowest BCUT2D eigenvalue weighted by atomic mass is 9.92. The molecule has 0 spiro atoms. The van der Waals surface area contributed by atoms with Crippen LogP contribution in [-0.2, 0) is 11.2 Å². The molecule has 1 amide bonds. The first-order valence-corrected chi connectivity index (χ1v) is 7.87. The van der Waals surface area contributed by atoms with E-state index in [1.807, 2.05) is 26.8 Å². The molecule has 1 rings (SSSR count). The summed E-state index contributed by atoms with van der Waals surface area (Å²) in [5.41, 5.74) is 0.122. The number of benzene rings is 1. The molecule has 0 fully saturated rings. The highest BCUT2D eigenvalue weighted by molar-refractivity contribution is 14.0. The Morgan fingerprint density at radius 1 is 1.21 bits per heavy atom. The molecule has 1 aromatic carbocycles. The van der Waals surface area contributed by atoms with Crippen molar-refractivity contribution in [3.63, 3.8) is 0 Å². The zero-order chi connectivity index (χ0) is 17.3. The molecule has 5 nitrogen and oxygen atoms in total. The lowest BCUT2D eigenvalue weighted by molar-refractivity contribution is -0.128. The van der Waals surface area contributed by atoms with E-state index in [-0.39, 0.29) is 35.7 Å². The van der Waals surface area contributed by atoms with Gasteiger partial charge in [-0.25, -0.2) is 4.39 Å². The minimum atomic E-state index is -0.542. The quantitative estimate of drug-likeness (QED) is 0.340. The Hall–Kier alpha value is -1.38. The predicted octanol–water partition coefficient (Wildman–Crippen LogP) is 2.31. The first-order valence-electron chi connectivity index (χ1n) is 7.87. The summed E-state index contributed by atoms with van der Waals surface area (Å²) in [5.74, 6) is 0.391. The molecule has 3 N–H and O–H groups in total. The van der Waals surface area contributed by atoms with Gasteiger partial charge in [0.2, 0.25) is 5.91 Å². The van der Waals surface area contributed by atoms with E-state index in [9.17, 15) is 9.18 Å². The Labute approximate surface area is 160 Å². The van der Waals surface area contributed by atoms with Gasteiger partial charge < -0.3 is 16.0 Å². The van der Waals surface area contributed by atoms with Crippen LogP contribution < -0.4 is 16.0 Å². The Kier molecular flexibility index (Phi) is 10.6. The summed E-state index contributed by atoms with van der Waals surface area (Å²) in [7, 11) is 1.66. The highest BCUT2D eigenvalue weighted by Crippen LogP contribution is 2.13. The standard InChI is InChI=1S/C17H27FN4O.HI/c1-5-20-15(23)17(2,3)12-22-16(19-4)21-11-10-13-8-6-7-9-14(13)18;/h6-9H,5,10-12H2,1-4H3,(H,20,23)(H2,19,21,22);1H. The van der Waals surface area contributed by atoms with E-state index >= 15 is 0 Å². The smallest absolute Gasteiger partial charge is 0.227 e. The average Bonchev–Trinajstić information content (AvgIpc) is 2.52. The second-order valence-electron chi connectivity index (χ2n) is 5.94. The number of guanidine groups is 1. The van der Waals surface area contributed by atoms with Gasteiger partial charge in [0.05, 0.1) is 5.41 Å². The van der Waals surface area contributed by atoms with Crippen LogP contribution in [0, 0.1) is 11.2 Å². The largest absolute Gasteiger partial charge is 0.356 e. The van der Waals surface area contributed by atoms with Crippen molar-refractivity contribution < 1.29 is 9.18 Å². The Balaban J connectivity index is 0.00000529. The molecule has 0 aliphatic heterocycles. The summed E-state index contributed by atoms with van der Waals surface area (Å²) in [6, 6.07) is 6.72. The van der Waals surface area contributed by atoms with E-state index in [2.05, 4.69) is 20.9 Å². The van der Waals surface area contributed by atoms with Crippen LogP contribution in [0.5, 0.6) is 0 Å². The molecule has 24 heavy (non-hydrogen) atoms. The molecule has 0 aliphatic rings. The molecule has 0 atom stereocenters. The van der Waals surface area contributed by atoms with E-state index in [0.717, 1.165) is 0 Å². The van der Waals surface area contributed by atoms with Gasteiger partial charge in [-0.05, 0) is 38.8 Å². The second-order valence-corrected chi connectivity index (χ2v) is 5.94. The van der Waals surface area contributed by atoms with Gasteiger partial charge in [-0.1, -0.05) is 18.2 Å². The molecule has 0 heterocycles. The number of hydrogen-bond donors (Lipinski definition) is 3. The van der Waals surface area contributed by atoms with E-state index < -0.39 is 5.41 Å². The highest BCUT2D eigenvalue weighted by Gasteiger charge is 2.27. The van der Waals surface area contributed by atoms with E-state index in [1.165, 1.54) is 6.07 Å². The first-order chi connectivity index (χ1) is 10.9. The Bertz CT molecular complexity index is 549. The molecule has 0 saturated heterocycles. The number of carbonyl (C=O) groups excluding carboxylic acids is 1. The van der Waals surface area contributed by atoms with Gasteiger partial charge in [0.15, 0.2) is 5.96 Å². The van der Waals surface area contributed by atoms with Crippen LogP contribution in [0.25, 0.3) is 0 Å². The summed E-state index contributed by atoms with van der Waals surface area (Å²) in [5, 5.41) is 9.08. The zero-order valence-corrected chi connectivity index (χ0v) is 17.1. The van der Waals surface area contributed by atoms with Crippen molar-refractivity contribution in [1.29, 1.82) is 0 Å². The number of aliphatic imine (C=N–C) groups is 1. The van der Waals surface area contributed by atoms with Crippen LogP contribution in [0.15, 0.2) is 29.3 Å². The molecule has 0 unspecified atom stereocenters. The molecule has 7 heteroatoms. The predicted molar refractivity (Wildman–Crippen MR) is 107 cm³/mol. The van der Waals surface area contributed by atoms with Gasteiger partial charge in [0.25, 0.3) is 0 Å². The maximum Gasteiger partial charge on any atom is 0.227 e. The van der Waals surface area contributed by atoms with E-state index in [1.54, 1.807) is 19.2 Å². The van der Waals surface area contributed by atoms with Crippen molar-refractivity contribution in [2.45, 2.75) is 27.2 Å². The number of nitrogens with one attached hydrogen (secondary N) is 3. The first kappa shape index (κ1) is 22.6. The van der Waals surface area contributed by atoms with E-state index in [0.29, 0.717) is 37.6 Å². The third kappa shape index (κ3) is 7.46. The van der Waals surface area contributed by atoms with Crippen molar-refractivity contribution in [2.75, 3.05) is 26.7 Å². The number of amides is 1. The van der Waals surface area contributed by atoms with Crippen molar-refractivity contribution in [3.8, 4) is 0 Å². The van der Waals surface area contributed by atoms with Gasteiger partial charge in [-0.15, -0.1) is 24.0 Å². The van der Waals surface area contributed by atoms with Crippen LogP contribution >= 0.6 is 24.0 Å². The summed E-state index contributed by atoms with van der Waals surface area (Å²) in [6.07, 6.45) is 0.563. The maximum atomic E-state index is 13.5. The molecular formula is C17H28FIN4O. The van der Waals surface area contributed by atoms with Crippen molar-refractivity contribution in [2.24, 2.45) is 10.4 Å². The van der Waals surface area contributed by atoms with Crippen molar-refractivity contribution in [1.82, 2.24) is 16.0 Å². The molecule has 0 saturated carbocycles. The lowest BCUT2D eigenvalue weighted by Gasteiger charge is -2.24. The number of carbonyl (C=O) groups is 1. The fourth-order valence-corrected chi connectivity index (χ4v) is 2.02. The van der Waals surface area contributed by atoms with Gasteiger partial charge in [-0.2, -0.15) is 0 Å². The van der Waals surface area contributed by atoms with Crippen molar-refractivity contribution >= 4 is 35.8 Å². The van der Waals surface area contributed by atoms with E-state index in [4.69, 9.17) is 0 Å². The fourth-order valence-electron chi connectivity index (χ4n) is 2.02. The van der Waals surface area contributed by atoms with Gasteiger partial charge in [0, 0.05) is 26.7 Å². The number of halogens is 2. The van der Waals surface area contributed by atoms with Crippen LogP contribution in [0.4, 0.5) is 4.39 Å². The molecule has 0 aromatic heterocycles. The van der Waals surface area contributed by atoms with Gasteiger partial charge in [-0.3, -0.25) is 9.79 Å². The summed E-state index contributed by atoms with van der Waals surface area (Å²) in [6.45, 7) is 7.26. The Morgan fingerprint density at radius 2 is 1.88 bits per heavy atom. The molecule has 0 bridgehead atoms. The topological polar surface area (TPSA) is 65.5 Å². The van der Waals surface area contributed by atoms with Crippen LogP contribution in [0.3, 0.4) is 0 Å². The SMILES string of the molecule is CCNC(=O)C(C)(C)CNC(=NC)NCCc1ccccc1F.I. The van der Waals surface area contributed by atoms with Crippen LogP contribution in [0.2, 0.25) is 0 Å². The van der Waals surface area contributed by atoms with Gasteiger partial charge in [0.1, 0.15) is 5.82 Å². The third-order valence-electron chi connectivity index (χ3n) is 3.52. The number of hydrogen-bond acceptors (Lipinski definition) is 2. The fraction of sp³-hybridized carbons (Fsp3) is 0.529. The van der Waals surface area contributed by atoms with Crippen LogP contribution in [0.1, 0.15) is 26.3 Å². The summed E-state index contributed by atoms with van der Waals surface area (Å²) < 4.78 is 13.5. The van der Waals surface area contributed by atoms with Gasteiger partial charge >= 0.3 is 0 Å². The summed E-state index contributed by atoms with van der Waals surface area (Å²) >= 11 is 0. The maximum absolute atomic E-state index is 13.5. The highest BCUT2D eigenvalue weighted by atomic mass is 127. The Morgan fingerprint density at radius 3 is 2.46 bits per heavy atom. The number of nitrogens with zero attached hydrogens (tertiary/aromatic N) is 1. The molecule has 1 aromatic rings. The summed E-state index contributed by atoms with van der Waals surface area (Å²) in [4.78, 5) is 16.1. The van der Waals surface area contributed by atoms with Crippen LogP contribution in [-0.4, -0.2) is 38.5 Å². The molecular weight excluding hydrogens is 422 g/mol. The minimum Gasteiger partial charge on any atom is -0.356 e. The monoisotopic (exact) mass is 450 g/mol. The zero-order valence-electron chi connectivity index (χ0n) is 14.8. The van der Waals surface area contributed by atoms with Crippen molar-refractivity contribution in [3.05, 3.63) is 35.6 Å². The molecule has 136 valence electrons.